The first-order chi connectivity index (χ1) is 10.9. The minimum atomic E-state index is -0.774. The Kier molecular flexibility index (Phi) is 3.89. The van der Waals surface area contributed by atoms with E-state index in [-0.39, 0.29) is 24.4 Å². The predicted molar refractivity (Wildman–Crippen MR) is 78.7 cm³/mol. The lowest BCUT2D eigenvalue weighted by molar-refractivity contribution is 0.0713. The van der Waals surface area contributed by atoms with E-state index in [1.165, 1.54) is 9.58 Å². The lowest BCUT2D eigenvalue weighted by atomic mass is 10.0. The summed E-state index contributed by atoms with van der Waals surface area (Å²) < 4.78 is 29.1. The SMILES string of the molecule is Cc1nn(C)cc1C(=O)N1CC(O)CC1c1cc(F)ccc1F. The molecule has 2 aromatic rings. The summed E-state index contributed by atoms with van der Waals surface area (Å²) in [4.78, 5) is 14.1. The van der Waals surface area contributed by atoms with Crippen molar-refractivity contribution in [3.8, 4) is 0 Å². The minimum absolute atomic E-state index is 0.0772. The average Bonchev–Trinajstić information content (AvgIpc) is 3.03. The molecule has 2 heterocycles. The van der Waals surface area contributed by atoms with Gasteiger partial charge in [-0.3, -0.25) is 9.48 Å². The molecule has 2 atom stereocenters. The van der Waals surface area contributed by atoms with E-state index in [0.29, 0.717) is 11.3 Å². The molecule has 2 unspecified atom stereocenters. The van der Waals surface area contributed by atoms with Crippen molar-refractivity contribution in [2.24, 2.45) is 7.05 Å². The van der Waals surface area contributed by atoms with E-state index in [0.717, 1.165) is 18.2 Å². The van der Waals surface area contributed by atoms with Gasteiger partial charge in [0.2, 0.25) is 0 Å². The monoisotopic (exact) mass is 321 g/mol. The highest BCUT2D eigenvalue weighted by molar-refractivity contribution is 5.95. The summed E-state index contributed by atoms with van der Waals surface area (Å²) in [7, 11) is 1.70. The van der Waals surface area contributed by atoms with Crippen LogP contribution in [0.5, 0.6) is 0 Å². The van der Waals surface area contributed by atoms with Gasteiger partial charge in [0, 0.05) is 25.4 Å². The fourth-order valence-electron chi connectivity index (χ4n) is 3.07. The van der Waals surface area contributed by atoms with E-state index in [1.807, 2.05) is 0 Å². The molecule has 1 aromatic heterocycles. The largest absolute Gasteiger partial charge is 0.391 e. The molecular formula is C16H17F2N3O2. The zero-order valence-electron chi connectivity index (χ0n) is 12.8. The number of aromatic nitrogens is 2. The summed E-state index contributed by atoms with van der Waals surface area (Å²) in [5, 5.41) is 14.1. The Bertz CT molecular complexity index is 760. The van der Waals surface area contributed by atoms with Gasteiger partial charge in [0.15, 0.2) is 0 Å². The molecule has 1 fully saturated rings. The molecular weight excluding hydrogens is 304 g/mol. The van der Waals surface area contributed by atoms with Crippen LogP contribution in [-0.2, 0) is 7.05 Å². The maximum Gasteiger partial charge on any atom is 0.257 e. The highest BCUT2D eigenvalue weighted by Gasteiger charge is 2.38. The van der Waals surface area contributed by atoms with Gasteiger partial charge < -0.3 is 10.0 Å². The van der Waals surface area contributed by atoms with Crippen LogP contribution < -0.4 is 0 Å². The summed E-state index contributed by atoms with van der Waals surface area (Å²) in [6.07, 6.45) is 0.982. The van der Waals surface area contributed by atoms with Crippen LogP contribution in [0.4, 0.5) is 8.78 Å². The molecule has 1 aliphatic heterocycles. The van der Waals surface area contributed by atoms with Crippen molar-refractivity contribution < 1.29 is 18.7 Å². The molecule has 0 bridgehead atoms. The predicted octanol–water partition coefficient (Wildman–Crippen LogP) is 1.95. The number of carbonyl (C=O) groups excluding carboxylic acids is 1. The second-order valence-electron chi connectivity index (χ2n) is 5.83. The molecule has 23 heavy (non-hydrogen) atoms. The molecule has 1 amide bonds. The van der Waals surface area contributed by atoms with E-state index in [1.54, 1.807) is 20.2 Å². The molecule has 0 aliphatic carbocycles. The number of benzene rings is 1. The van der Waals surface area contributed by atoms with Crippen molar-refractivity contribution in [2.75, 3.05) is 6.54 Å². The van der Waals surface area contributed by atoms with Crippen LogP contribution in [0.1, 0.15) is 34.1 Å². The Morgan fingerprint density at radius 1 is 1.39 bits per heavy atom. The number of aliphatic hydroxyl groups excluding tert-OH is 1. The molecule has 1 aromatic carbocycles. The van der Waals surface area contributed by atoms with Crippen LogP contribution in [0.15, 0.2) is 24.4 Å². The van der Waals surface area contributed by atoms with Crippen LogP contribution in [0.25, 0.3) is 0 Å². The number of halogens is 2. The maximum absolute atomic E-state index is 14.1. The first kappa shape index (κ1) is 15.6. The Morgan fingerprint density at radius 2 is 2.13 bits per heavy atom. The average molecular weight is 321 g/mol. The minimum Gasteiger partial charge on any atom is -0.391 e. The van der Waals surface area contributed by atoms with Gasteiger partial charge in [0.1, 0.15) is 11.6 Å². The number of aryl methyl sites for hydroxylation is 2. The second-order valence-corrected chi connectivity index (χ2v) is 5.83. The van der Waals surface area contributed by atoms with Crippen LogP contribution >= 0.6 is 0 Å². The highest BCUT2D eigenvalue weighted by atomic mass is 19.1. The number of β-amino-alcohol motifs (C(OH)–C–C–N with tert-alkyl or cyclic N) is 1. The molecule has 3 rings (SSSR count). The van der Waals surface area contributed by atoms with E-state index >= 15 is 0 Å². The fourth-order valence-corrected chi connectivity index (χ4v) is 3.07. The molecule has 1 saturated heterocycles. The van der Waals surface area contributed by atoms with Crippen LogP contribution in [0.3, 0.4) is 0 Å². The number of aliphatic hydroxyl groups is 1. The molecule has 122 valence electrons. The number of carbonyl (C=O) groups is 1. The number of likely N-dealkylation sites (tertiary alicyclic amines) is 1. The second kappa shape index (κ2) is 5.73. The third-order valence-corrected chi connectivity index (χ3v) is 4.10. The van der Waals surface area contributed by atoms with Crippen molar-refractivity contribution in [1.82, 2.24) is 14.7 Å². The smallest absolute Gasteiger partial charge is 0.257 e. The molecule has 0 saturated carbocycles. The number of hydrogen-bond donors (Lipinski definition) is 1. The quantitative estimate of drug-likeness (QED) is 0.920. The lowest BCUT2D eigenvalue weighted by Crippen LogP contribution is -2.32. The van der Waals surface area contributed by atoms with E-state index in [2.05, 4.69) is 5.10 Å². The van der Waals surface area contributed by atoms with Crippen LogP contribution in [0, 0.1) is 18.6 Å². The Balaban J connectivity index is 1.98. The van der Waals surface area contributed by atoms with Gasteiger partial charge in [-0.05, 0) is 31.5 Å². The first-order valence-electron chi connectivity index (χ1n) is 7.31. The number of amides is 1. The number of hydrogen-bond acceptors (Lipinski definition) is 3. The van der Waals surface area contributed by atoms with E-state index in [9.17, 15) is 18.7 Å². The third-order valence-electron chi connectivity index (χ3n) is 4.10. The summed E-state index contributed by atoms with van der Waals surface area (Å²) in [5.74, 6) is -1.51. The lowest BCUT2D eigenvalue weighted by Gasteiger charge is -2.25. The zero-order valence-corrected chi connectivity index (χ0v) is 12.8. The van der Waals surface area contributed by atoms with Gasteiger partial charge >= 0.3 is 0 Å². The van der Waals surface area contributed by atoms with Crippen LogP contribution in [0.2, 0.25) is 0 Å². The molecule has 1 N–H and O–H groups in total. The van der Waals surface area contributed by atoms with E-state index < -0.39 is 23.8 Å². The van der Waals surface area contributed by atoms with Crippen molar-refractivity contribution in [1.29, 1.82) is 0 Å². The van der Waals surface area contributed by atoms with Gasteiger partial charge in [0.05, 0.1) is 23.4 Å². The zero-order chi connectivity index (χ0) is 16.7. The Hall–Kier alpha value is -2.28. The maximum atomic E-state index is 14.1. The standard InChI is InChI=1S/C16H17F2N3O2/c1-9-13(8-20(2)19-9)16(23)21-7-11(22)6-15(21)12-5-10(17)3-4-14(12)18/h3-5,8,11,15,22H,6-7H2,1-2H3. The highest BCUT2D eigenvalue weighted by Crippen LogP contribution is 2.35. The Labute approximate surface area is 132 Å². The third kappa shape index (κ3) is 2.84. The van der Waals surface area contributed by atoms with Crippen molar-refractivity contribution in [2.45, 2.75) is 25.5 Å². The Morgan fingerprint density at radius 3 is 2.78 bits per heavy atom. The summed E-state index contributed by atoms with van der Waals surface area (Å²) in [6.45, 7) is 1.78. The molecule has 0 spiro atoms. The van der Waals surface area contributed by atoms with Gasteiger partial charge in [-0.2, -0.15) is 5.10 Å². The summed E-state index contributed by atoms with van der Waals surface area (Å²) >= 11 is 0. The molecule has 5 nitrogen and oxygen atoms in total. The van der Waals surface area contributed by atoms with Gasteiger partial charge in [-0.15, -0.1) is 0 Å². The number of rotatable bonds is 2. The van der Waals surface area contributed by atoms with Crippen LogP contribution in [-0.4, -0.2) is 38.3 Å². The number of nitrogens with zero attached hydrogens (tertiary/aromatic N) is 3. The normalized spacial score (nSPS) is 21.0. The van der Waals surface area contributed by atoms with Gasteiger partial charge in [-0.25, -0.2) is 8.78 Å². The van der Waals surface area contributed by atoms with E-state index in [4.69, 9.17) is 0 Å². The molecule has 7 heteroatoms. The summed E-state index contributed by atoms with van der Waals surface area (Å²) in [5.41, 5.74) is 1.03. The van der Waals surface area contributed by atoms with Gasteiger partial charge in [-0.1, -0.05) is 0 Å². The van der Waals surface area contributed by atoms with Crippen molar-refractivity contribution >= 4 is 5.91 Å². The van der Waals surface area contributed by atoms with Gasteiger partial charge in [0.25, 0.3) is 5.91 Å². The van der Waals surface area contributed by atoms with Crippen molar-refractivity contribution in [3.63, 3.8) is 0 Å². The molecule has 0 radical (unpaired) electrons. The first-order valence-corrected chi connectivity index (χ1v) is 7.31. The molecule has 1 aliphatic rings. The van der Waals surface area contributed by atoms with Crippen molar-refractivity contribution in [3.05, 3.63) is 52.9 Å². The fraction of sp³-hybridized carbons (Fsp3) is 0.375. The summed E-state index contributed by atoms with van der Waals surface area (Å²) in [6, 6.07) is 2.44. The topological polar surface area (TPSA) is 58.4 Å².